The van der Waals surface area contributed by atoms with Gasteiger partial charge >= 0.3 is 0 Å². The van der Waals surface area contributed by atoms with Crippen LogP contribution >= 0.6 is 23.4 Å². The van der Waals surface area contributed by atoms with Crippen molar-refractivity contribution in [1.29, 1.82) is 0 Å². The van der Waals surface area contributed by atoms with Gasteiger partial charge in [0.05, 0.1) is 24.8 Å². The number of hydrogen-bond donors (Lipinski definition) is 1. The molecule has 1 heterocycles. The van der Waals surface area contributed by atoms with Crippen LogP contribution in [0.1, 0.15) is 24.2 Å². The number of hydrogen-bond acceptors (Lipinski definition) is 6. The highest BCUT2D eigenvalue weighted by atomic mass is 35.5. The molecule has 0 radical (unpaired) electrons. The maximum Gasteiger partial charge on any atom is 0.231 e. The van der Waals surface area contributed by atoms with Gasteiger partial charge in [0.25, 0.3) is 0 Å². The molecule has 0 aliphatic heterocycles. The van der Waals surface area contributed by atoms with Crippen molar-refractivity contribution in [3.8, 4) is 11.4 Å². The lowest BCUT2D eigenvalue weighted by atomic mass is 9.95. The number of methoxy groups -OCH3 is 1. The quantitative estimate of drug-likeness (QED) is 0.439. The smallest absolute Gasteiger partial charge is 0.231 e. The van der Waals surface area contributed by atoms with Crippen molar-refractivity contribution in [3.05, 3.63) is 64.9 Å². The fourth-order valence-corrected chi connectivity index (χ4v) is 4.91. The van der Waals surface area contributed by atoms with Gasteiger partial charge in [-0.25, -0.2) is 0 Å². The Balaban J connectivity index is 1.55. The summed E-state index contributed by atoms with van der Waals surface area (Å²) < 4.78 is 7.40. The third-order valence-electron chi connectivity index (χ3n) is 5.77. The van der Waals surface area contributed by atoms with E-state index in [2.05, 4.69) is 20.4 Å². The Morgan fingerprint density at radius 3 is 2.64 bits per heavy atom. The number of halogens is 1. The minimum Gasteiger partial charge on any atom is -0.497 e. The highest BCUT2D eigenvalue weighted by molar-refractivity contribution is 7.99. The van der Waals surface area contributed by atoms with Gasteiger partial charge in [0.2, 0.25) is 5.91 Å². The average Bonchev–Trinajstić information content (AvgIpc) is 3.53. The third kappa shape index (κ3) is 5.34. The molecule has 33 heavy (non-hydrogen) atoms. The fourth-order valence-electron chi connectivity index (χ4n) is 3.71. The molecular weight excluding hydrogens is 458 g/mol. The summed E-state index contributed by atoms with van der Waals surface area (Å²) in [5.41, 5.74) is 1.42. The van der Waals surface area contributed by atoms with Crippen LogP contribution in [0.4, 0.5) is 0 Å². The molecular formula is C24H28ClN5O2S. The van der Waals surface area contributed by atoms with E-state index in [0.29, 0.717) is 10.8 Å². The highest BCUT2D eigenvalue weighted by Crippen LogP contribution is 2.48. The Hall–Kier alpha value is -2.55. The summed E-state index contributed by atoms with van der Waals surface area (Å²) in [6, 6.07) is 15.3. The van der Waals surface area contributed by atoms with Gasteiger partial charge in [-0.3, -0.25) is 9.36 Å². The van der Waals surface area contributed by atoms with Gasteiger partial charge in [-0.1, -0.05) is 41.6 Å². The summed E-state index contributed by atoms with van der Waals surface area (Å²) >= 11 is 7.66. The molecule has 1 saturated carbocycles. The zero-order valence-corrected chi connectivity index (χ0v) is 20.6. The van der Waals surface area contributed by atoms with E-state index in [1.165, 1.54) is 0 Å². The van der Waals surface area contributed by atoms with Crippen LogP contribution in [0.15, 0.2) is 53.7 Å². The summed E-state index contributed by atoms with van der Waals surface area (Å²) in [4.78, 5) is 15.3. The molecule has 3 aromatic rings. The van der Waals surface area contributed by atoms with E-state index >= 15 is 0 Å². The molecule has 174 valence electrons. The minimum atomic E-state index is -0.477. The summed E-state index contributed by atoms with van der Waals surface area (Å²) in [7, 11) is 5.73. The van der Waals surface area contributed by atoms with Gasteiger partial charge < -0.3 is 15.0 Å². The molecule has 7 nitrogen and oxygen atoms in total. The average molecular weight is 486 g/mol. The number of benzene rings is 2. The highest BCUT2D eigenvalue weighted by Gasteiger charge is 2.51. The topological polar surface area (TPSA) is 72.3 Å². The fraction of sp³-hybridized carbons (Fsp3) is 0.375. The molecule has 1 N–H and O–H groups in total. The van der Waals surface area contributed by atoms with Gasteiger partial charge in [-0.15, -0.1) is 10.2 Å². The number of carbonyl (C=O) groups excluding carboxylic acids is 1. The number of nitrogens with zero attached hydrogens (tertiary/aromatic N) is 4. The monoisotopic (exact) mass is 485 g/mol. The van der Waals surface area contributed by atoms with Crippen LogP contribution in [0.5, 0.6) is 5.75 Å². The van der Waals surface area contributed by atoms with E-state index in [9.17, 15) is 4.79 Å². The van der Waals surface area contributed by atoms with E-state index in [0.717, 1.165) is 47.3 Å². The second-order valence-electron chi connectivity index (χ2n) is 8.36. The summed E-state index contributed by atoms with van der Waals surface area (Å²) in [5, 5.41) is 13.4. The second-order valence-corrected chi connectivity index (χ2v) is 9.86. The molecule has 0 unspecified atom stereocenters. The van der Waals surface area contributed by atoms with Crippen molar-refractivity contribution in [2.24, 2.45) is 0 Å². The molecule has 0 atom stereocenters. The van der Waals surface area contributed by atoms with Gasteiger partial charge in [-0.05, 0) is 56.8 Å². The maximum absolute atomic E-state index is 13.2. The van der Waals surface area contributed by atoms with Crippen molar-refractivity contribution in [1.82, 2.24) is 25.0 Å². The van der Waals surface area contributed by atoms with Crippen LogP contribution in [0.25, 0.3) is 5.69 Å². The summed E-state index contributed by atoms with van der Waals surface area (Å²) in [6.45, 7) is 1.21. The first-order valence-electron chi connectivity index (χ1n) is 10.8. The molecule has 9 heteroatoms. The molecule has 1 aromatic heterocycles. The van der Waals surface area contributed by atoms with E-state index in [1.54, 1.807) is 18.9 Å². The first-order valence-corrected chi connectivity index (χ1v) is 12.2. The van der Waals surface area contributed by atoms with Crippen molar-refractivity contribution in [2.75, 3.05) is 33.5 Å². The molecule has 0 bridgehead atoms. The molecule has 0 spiro atoms. The summed E-state index contributed by atoms with van der Waals surface area (Å²) in [6.07, 6.45) is 1.66. The first-order chi connectivity index (χ1) is 15.9. The number of carbonyl (C=O) groups is 1. The Labute approximate surface area is 203 Å². The Kier molecular flexibility index (Phi) is 7.26. The van der Waals surface area contributed by atoms with Gasteiger partial charge in [-0.2, -0.15) is 0 Å². The molecule has 4 rings (SSSR count). The van der Waals surface area contributed by atoms with E-state index < -0.39 is 5.41 Å². The van der Waals surface area contributed by atoms with Gasteiger partial charge in [0, 0.05) is 23.4 Å². The van der Waals surface area contributed by atoms with Crippen LogP contribution in [-0.4, -0.2) is 59.1 Å². The molecule has 1 fully saturated rings. The van der Waals surface area contributed by atoms with E-state index in [-0.39, 0.29) is 12.5 Å². The number of nitrogens with one attached hydrogen (secondary N) is 1. The number of rotatable bonds is 10. The number of thioether (sulfide) groups is 1. The lowest BCUT2D eigenvalue weighted by molar-refractivity contribution is -0.123. The predicted octanol–water partition coefficient (Wildman–Crippen LogP) is 3.93. The third-order valence-corrected chi connectivity index (χ3v) is 6.93. The largest absolute Gasteiger partial charge is 0.497 e. The number of ether oxygens (including phenoxy) is 1. The van der Waals surface area contributed by atoms with Crippen molar-refractivity contribution in [2.45, 2.75) is 30.0 Å². The van der Waals surface area contributed by atoms with Crippen LogP contribution in [0.3, 0.4) is 0 Å². The molecule has 1 aliphatic rings. The minimum absolute atomic E-state index is 0.00632. The van der Waals surface area contributed by atoms with Crippen molar-refractivity contribution >= 4 is 29.3 Å². The lowest BCUT2D eigenvalue weighted by Gasteiger charge is -2.17. The molecule has 1 amide bonds. The van der Waals surface area contributed by atoms with Gasteiger partial charge in [0.1, 0.15) is 5.75 Å². The second kappa shape index (κ2) is 10.2. The van der Waals surface area contributed by atoms with Crippen LogP contribution < -0.4 is 10.1 Å². The Morgan fingerprint density at radius 2 is 1.97 bits per heavy atom. The number of aromatic nitrogens is 3. The summed E-state index contributed by atoms with van der Waals surface area (Å²) in [5.74, 6) is 2.31. The SMILES string of the molecule is COc1cccc(-n2c(CNC(=O)C3(c4ccc(Cl)cc4)CC3)nnc2SCCN(C)C)c1. The Morgan fingerprint density at radius 1 is 1.21 bits per heavy atom. The first kappa shape index (κ1) is 23.6. The normalized spacial score (nSPS) is 14.3. The van der Waals surface area contributed by atoms with E-state index in [4.69, 9.17) is 16.3 Å². The standard InChI is InChI=1S/C24H28ClN5O2S/c1-29(2)13-14-33-23-28-27-21(30(23)19-5-4-6-20(15-19)32-3)16-26-22(31)24(11-12-24)17-7-9-18(25)10-8-17/h4-10,15H,11-14,16H2,1-3H3,(H,26,31). The van der Waals surface area contributed by atoms with Crippen LogP contribution in [-0.2, 0) is 16.8 Å². The van der Waals surface area contributed by atoms with Crippen molar-refractivity contribution in [3.63, 3.8) is 0 Å². The lowest BCUT2D eigenvalue weighted by Crippen LogP contribution is -2.35. The van der Waals surface area contributed by atoms with Crippen LogP contribution in [0, 0.1) is 0 Å². The van der Waals surface area contributed by atoms with Gasteiger partial charge in [0.15, 0.2) is 11.0 Å². The van der Waals surface area contributed by atoms with E-state index in [1.807, 2.05) is 67.2 Å². The molecule has 1 aliphatic carbocycles. The Bertz CT molecular complexity index is 1110. The molecule has 2 aromatic carbocycles. The maximum atomic E-state index is 13.2. The molecule has 0 saturated heterocycles. The number of amides is 1. The zero-order chi connectivity index (χ0) is 23.4. The van der Waals surface area contributed by atoms with Crippen LogP contribution in [0.2, 0.25) is 5.02 Å². The zero-order valence-electron chi connectivity index (χ0n) is 19.0. The van der Waals surface area contributed by atoms with Crippen molar-refractivity contribution < 1.29 is 9.53 Å². The predicted molar refractivity (Wildman–Crippen MR) is 131 cm³/mol.